The van der Waals surface area contributed by atoms with Crippen molar-refractivity contribution in [2.45, 2.75) is 57.2 Å². The first-order valence-corrected chi connectivity index (χ1v) is 7.78. The van der Waals surface area contributed by atoms with Crippen molar-refractivity contribution in [3.8, 4) is 0 Å². The molecule has 0 spiro atoms. The predicted octanol–water partition coefficient (Wildman–Crippen LogP) is 2.11. The lowest BCUT2D eigenvalue weighted by Crippen LogP contribution is -2.52. The van der Waals surface area contributed by atoms with Gasteiger partial charge in [0.2, 0.25) is 0 Å². The van der Waals surface area contributed by atoms with Crippen molar-refractivity contribution in [1.29, 1.82) is 0 Å². The van der Waals surface area contributed by atoms with E-state index in [1.54, 1.807) is 11.8 Å². The topological polar surface area (TPSA) is 69.6 Å². The molecule has 0 aliphatic rings. The number of hydrogen-bond acceptors (Lipinski definition) is 4. The second-order valence-corrected chi connectivity index (χ2v) is 6.18. The molecule has 4 nitrogen and oxygen atoms in total. The second-order valence-electron chi connectivity index (χ2n) is 4.64. The van der Waals surface area contributed by atoms with E-state index >= 15 is 0 Å². The molecule has 0 heterocycles. The molecule has 0 aliphatic carbocycles. The largest absolute Gasteiger partial charge is 0.480 e. The van der Waals surface area contributed by atoms with Crippen molar-refractivity contribution in [2.75, 3.05) is 18.9 Å². The van der Waals surface area contributed by atoms with Crippen LogP contribution < -0.4 is 5.32 Å². The molecule has 0 radical (unpaired) electrons. The quantitative estimate of drug-likeness (QED) is 0.505. The Kier molecular flexibility index (Phi) is 9.50. The maximum absolute atomic E-state index is 11.4. The van der Waals surface area contributed by atoms with Crippen LogP contribution in [-0.2, 0) is 4.79 Å². The molecular formula is C13H27NO3S. The van der Waals surface area contributed by atoms with Crippen LogP contribution in [0.3, 0.4) is 0 Å². The Morgan fingerprint density at radius 2 is 2.11 bits per heavy atom. The average molecular weight is 277 g/mol. The Balaban J connectivity index is 4.19. The van der Waals surface area contributed by atoms with E-state index in [0.29, 0.717) is 12.8 Å². The molecule has 0 aromatic carbocycles. The highest BCUT2D eigenvalue weighted by Crippen LogP contribution is 2.21. The number of carbonyl (C=O) groups is 1. The summed E-state index contributed by atoms with van der Waals surface area (Å²) in [6, 6.07) is 0. The van der Waals surface area contributed by atoms with E-state index in [1.807, 2.05) is 20.8 Å². The van der Waals surface area contributed by atoms with Gasteiger partial charge < -0.3 is 15.5 Å². The van der Waals surface area contributed by atoms with E-state index in [0.717, 1.165) is 25.1 Å². The van der Waals surface area contributed by atoms with E-state index < -0.39 is 11.5 Å². The number of nitrogens with one attached hydrogen (secondary N) is 1. The van der Waals surface area contributed by atoms with Gasteiger partial charge in [0.15, 0.2) is 0 Å². The zero-order valence-electron chi connectivity index (χ0n) is 11.7. The van der Waals surface area contributed by atoms with Crippen LogP contribution in [0.1, 0.15) is 46.5 Å². The fourth-order valence-electron chi connectivity index (χ4n) is 1.80. The molecule has 2 unspecified atom stereocenters. The summed E-state index contributed by atoms with van der Waals surface area (Å²) >= 11 is 1.69. The van der Waals surface area contributed by atoms with Gasteiger partial charge in [-0.05, 0) is 38.0 Å². The number of aliphatic carboxylic acids is 1. The Hall–Kier alpha value is -0.260. The molecule has 0 fully saturated rings. The zero-order chi connectivity index (χ0) is 14.0. The molecule has 5 heteroatoms. The summed E-state index contributed by atoms with van der Waals surface area (Å²) in [6.07, 6.45) is 3.03. The highest BCUT2D eigenvalue weighted by atomic mass is 32.2. The van der Waals surface area contributed by atoms with Gasteiger partial charge in [-0.15, -0.1) is 0 Å². The van der Waals surface area contributed by atoms with Crippen LogP contribution in [0.2, 0.25) is 0 Å². The lowest BCUT2D eigenvalue weighted by Gasteiger charge is -2.29. The zero-order valence-corrected chi connectivity index (χ0v) is 12.6. The van der Waals surface area contributed by atoms with Gasteiger partial charge in [0.25, 0.3) is 0 Å². The van der Waals surface area contributed by atoms with E-state index in [9.17, 15) is 9.90 Å². The number of aliphatic hydroxyl groups is 1. The van der Waals surface area contributed by atoms with E-state index in [2.05, 4.69) is 5.32 Å². The third-order valence-corrected chi connectivity index (χ3v) is 4.38. The van der Waals surface area contributed by atoms with Gasteiger partial charge in [-0.3, -0.25) is 4.79 Å². The van der Waals surface area contributed by atoms with E-state index in [4.69, 9.17) is 5.11 Å². The molecule has 0 bridgehead atoms. The highest BCUT2D eigenvalue weighted by molar-refractivity contribution is 7.99. The monoisotopic (exact) mass is 277 g/mol. The maximum atomic E-state index is 11.4. The first-order valence-electron chi connectivity index (χ1n) is 6.73. The van der Waals surface area contributed by atoms with Crippen molar-refractivity contribution in [3.05, 3.63) is 0 Å². The van der Waals surface area contributed by atoms with E-state index in [1.165, 1.54) is 0 Å². The summed E-state index contributed by atoms with van der Waals surface area (Å²) in [6.45, 7) is 6.84. The molecule has 0 saturated heterocycles. The minimum Gasteiger partial charge on any atom is -0.480 e. The number of hydrogen-bond donors (Lipinski definition) is 3. The molecule has 18 heavy (non-hydrogen) atoms. The van der Waals surface area contributed by atoms with Crippen LogP contribution >= 0.6 is 11.8 Å². The van der Waals surface area contributed by atoms with Crippen LogP contribution in [0.5, 0.6) is 0 Å². The van der Waals surface area contributed by atoms with Gasteiger partial charge >= 0.3 is 5.97 Å². The van der Waals surface area contributed by atoms with Gasteiger partial charge in [-0.2, -0.15) is 11.8 Å². The van der Waals surface area contributed by atoms with Crippen molar-refractivity contribution in [1.82, 2.24) is 5.32 Å². The molecule has 0 rings (SSSR count). The van der Waals surface area contributed by atoms with Gasteiger partial charge in [0.1, 0.15) is 5.54 Å². The van der Waals surface area contributed by atoms with Crippen LogP contribution in [0, 0.1) is 0 Å². The van der Waals surface area contributed by atoms with E-state index in [-0.39, 0.29) is 11.9 Å². The van der Waals surface area contributed by atoms with Crippen LogP contribution in [-0.4, -0.2) is 45.9 Å². The normalized spacial score (nSPS) is 16.2. The Morgan fingerprint density at radius 1 is 1.44 bits per heavy atom. The predicted molar refractivity (Wildman–Crippen MR) is 77.2 cm³/mol. The highest BCUT2D eigenvalue weighted by Gasteiger charge is 2.35. The fraction of sp³-hybridized carbons (Fsp3) is 0.923. The third-order valence-electron chi connectivity index (χ3n) is 3.13. The first-order chi connectivity index (χ1) is 8.52. The first kappa shape index (κ1) is 17.7. The molecular weight excluding hydrogens is 250 g/mol. The molecule has 108 valence electrons. The van der Waals surface area contributed by atoms with Crippen molar-refractivity contribution in [3.63, 3.8) is 0 Å². The number of carboxylic acid groups (broad SMARTS) is 1. The average Bonchev–Trinajstić information content (AvgIpc) is 2.37. The number of thioether (sulfide) groups is 1. The Bertz CT molecular complexity index is 238. The lowest BCUT2D eigenvalue weighted by molar-refractivity contribution is -0.145. The summed E-state index contributed by atoms with van der Waals surface area (Å²) in [5.41, 5.74) is -0.779. The van der Waals surface area contributed by atoms with Crippen LogP contribution in [0.25, 0.3) is 0 Å². The third kappa shape index (κ3) is 6.07. The summed E-state index contributed by atoms with van der Waals surface area (Å²) < 4.78 is 0. The Labute approximate surface area is 115 Å². The molecule has 3 N–H and O–H groups in total. The standard InChI is InChI=1S/C13H27NO3S/c1-4-8-14-13(5-2,12(16)17)7-6-9-18-11(3)10-15/h11,14-15H,4-10H2,1-3H3,(H,16,17). The molecule has 0 saturated carbocycles. The van der Waals surface area contributed by atoms with Crippen LogP contribution in [0.15, 0.2) is 0 Å². The molecule has 0 aliphatic heterocycles. The SMILES string of the molecule is CCCNC(CC)(CCCSC(C)CO)C(=O)O. The number of aliphatic hydroxyl groups excluding tert-OH is 1. The van der Waals surface area contributed by atoms with Gasteiger partial charge in [0, 0.05) is 5.25 Å². The minimum atomic E-state index is -0.779. The number of carboxylic acids is 1. The van der Waals surface area contributed by atoms with Crippen molar-refractivity contribution < 1.29 is 15.0 Å². The van der Waals surface area contributed by atoms with Gasteiger partial charge in [-0.25, -0.2) is 0 Å². The number of rotatable bonds is 11. The molecule has 2 atom stereocenters. The molecule has 0 amide bonds. The summed E-state index contributed by atoms with van der Waals surface area (Å²) in [7, 11) is 0. The van der Waals surface area contributed by atoms with Crippen LogP contribution in [0.4, 0.5) is 0 Å². The summed E-state index contributed by atoms with van der Waals surface area (Å²) in [5, 5.41) is 21.7. The molecule has 0 aromatic heterocycles. The fourth-order valence-corrected chi connectivity index (χ4v) is 2.62. The van der Waals surface area contributed by atoms with Crippen molar-refractivity contribution >= 4 is 17.7 Å². The Morgan fingerprint density at radius 3 is 2.56 bits per heavy atom. The smallest absolute Gasteiger partial charge is 0.323 e. The maximum Gasteiger partial charge on any atom is 0.323 e. The second kappa shape index (κ2) is 9.64. The van der Waals surface area contributed by atoms with Crippen molar-refractivity contribution in [2.24, 2.45) is 0 Å². The lowest BCUT2D eigenvalue weighted by atomic mass is 9.90. The van der Waals surface area contributed by atoms with Gasteiger partial charge in [-0.1, -0.05) is 20.8 Å². The summed E-state index contributed by atoms with van der Waals surface area (Å²) in [5.74, 6) is 0.142. The summed E-state index contributed by atoms with van der Waals surface area (Å²) in [4.78, 5) is 11.4. The minimum absolute atomic E-state index is 0.177. The van der Waals surface area contributed by atoms with Gasteiger partial charge in [0.05, 0.1) is 6.61 Å². The molecule has 0 aromatic rings.